The van der Waals surface area contributed by atoms with Gasteiger partial charge in [-0.25, -0.2) is 18.4 Å². The number of rotatable bonds is 47. The van der Waals surface area contributed by atoms with E-state index in [4.69, 9.17) is 33.9 Å². The number of nitrogens with zero attached hydrogens (tertiary/aromatic N) is 2. The molecular formula is C54H94N4O14S7. The van der Waals surface area contributed by atoms with Gasteiger partial charge in [-0.3, -0.25) is 24.0 Å². The molecule has 0 saturated carbocycles. The number of carbonyl (C=O) groups is 5. The number of nitrogens with one attached hydrogen (secondary N) is 2. The van der Waals surface area contributed by atoms with Gasteiger partial charge in [-0.05, 0) is 93.9 Å². The summed E-state index contributed by atoms with van der Waals surface area (Å²) in [7, 11) is 6.90. The summed E-state index contributed by atoms with van der Waals surface area (Å²) in [5, 5.41) is 23.0. The van der Waals surface area contributed by atoms with Crippen LogP contribution in [0.3, 0.4) is 0 Å². The number of carbonyl (C=O) groups excluding carboxylic acids is 3. The molecular weight excluding hydrogens is 1150 g/mol. The first-order valence-electron chi connectivity index (χ1n) is 26.9. The maximum atomic E-state index is 13.0. The molecule has 0 bridgehead atoms. The van der Waals surface area contributed by atoms with Crippen LogP contribution in [0.5, 0.6) is 5.75 Å². The summed E-state index contributed by atoms with van der Waals surface area (Å²) in [6.07, 6.45) is 32.7. The number of hydrogen-bond acceptors (Lipinski definition) is 20. The van der Waals surface area contributed by atoms with Gasteiger partial charge < -0.3 is 44.5 Å². The van der Waals surface area contributed by atoms with Crippen LogP contribution in [-0.4, -0.2) is 168 Å². The van der Waals surface area contributed by atoms with Gasteiger partial charge in [-0.2, -0.15) is 0 Å². The van der Waals surface area contributed by atoms with Crippen LogP contribution in [0, 0.1) is 5.92 Å². The van der Waals surface area contributed by atoms with Crippen molar-refractivity contribution in [3.05, 3.63) is 48.0 Å². The average Bonchev–Trinajstić information content (AvgIpc) is 3.45. The molecule has 4 N–H and O–H groups in total. The number of ether oxygens (including phenoxy) is 5. The molecule has 0 saturated heterocycles. The molecule has 0 aliphatic carbocycles. The van der Waals surface area contributed by atoms with Gasteiger partial charge in [0.2, 0.25) is 5.91 Å². The maximum Gasteiger partial charge on any atom is 0.306 e. The van der Waals surface area contributed by atoms with Crippen molar-refractivity contribution in [2.45, 2.75) is 140 Å². The SMILES string of the molecule is CSSC.CSSC.CSSC.C[C@@H](CCCCNC(=O)COCCOCCCC(=O)COCCOCCNC(=O)c1cnc(CS(=O)(=O)c2ccc(OCCCCCCCCCCCCCCCC(=O)O)cc2)nc1)C(=O)O. The summed E-state index contributed by atoms with van der Waals surface area (Å²) in [6.45, 7) is 4.27. The Hall–Kier alpha value is -2.46. The van der Waals surface area contributed by atoms with E-state index in [0.29, 0.717) is 51.2 Å². The predicted octanol–water partition coefficient (Wildman–Crippen LogP) is 11.4. The minimum absolute atomic E-state index is 0.0536. The van der Waals surface area contributed by atoms with E-state index >= 15 is 0 Å². The highest BCUT2D eigenvalue weighted by molar-refractivity contribution is 8.76. The monoisotopic (exact) mass is 1250 g/mol. The number of carboxylic acids is 2. The Labute approximate surface area is 497 Å². The molecule has 18 nitrogen and oxygen atoms in total. The van der Waals surface area contributed by atoms with E-state index in [1.165, 1.54) is 69.5 Å². The normalized spacial score (nSPS) is 11.2. The van der Waals surface area contributed by atoms with Crippen LogP contribution in [0.4, 0.5) is 0 Å². The zero-order valence-corrected chi connectivity index (χ0v) is 53.7. The van der Waals surface area contributed by atoms with Gasteiger partial charge in [0, 0.05) is 44.9 Å². The van der Waals surface area contributed by atoms with E-state index in [1.54, 1.807) is 83.8 Å². The van der Waals surface area contributed by atoms with Gasteiger partial charge in [0.15, 0.2) is 15.6 Å². The number of benzene rings is 1. The molecule has 0 fully saturated rings. The molecule has 1 aromatic heterocycles. The second-order valence-corrected chi connectivity index (χ2v) is 27.5. The molecule has 0 radical (unpaired) electrons. The Morgan fingerprint density at radius 2 is 1.04 bits per heavy atom. The summed E-state index contributed by atoms with van der Waals surface area (Å²) >= 11 is 0. The van der Waals surface area contributed by atoms with E-state index in [0.717, 1.165) is 44.9 Å². The zero-order chi connectivity index (χ0) is 59.0. The number of sulfone groups is 1. The van der Waals surface area contributed by atoms with Crippen molar-refractivity contribution in [3.63, 3.8) is 0 Å². The molecule has 0 aliphatic rings. The topological polar surface area (TPSA) is 256 Å². The number of aliphatic carboxylic acids is 2. The Bertz CT molecular complexity index is 1900. The highest BCUT2D eigenvalue weighted by Gasteiger charge is 2.18. The quantitative estimate of drug-likeness (QED) is 0.0355. The zero-order valence-electron chi connectivity index (χ0n) is 48.0. The van der Waals surface area contributed by atoms with Crippen molar-refractivity contribution in [1.29, 1.82) is 0 Å². The third kappa shape index (κ3) is 52.1. The van der Waals surface area contributed by atoms with Crippen LogP contribution in [0.2, 0.25) is 0 Å². The second-order valence-electron chi connectivity index (χ2n) is 17.5. The molecule has 0 spiro atoms. The maximum absolute atomic E-state index is 13.0. The summed E-state index contributed by atoms with van der Waals surface area (Å²) in [6, 6.07) is 6.30. The molecule has 25 heteroatoms. The fourth-order valence-corrected chi connectivity index (χ4v) is 7.81. The van der Waals surface area contributed by atoms with Crippen molar-refractivity contribution < 1.29 is 66.3 Å². The van der Waals surface area contributed by atoms with Crippen LogP contribution in [-0.2, 0) is 53.7 Å². The summed E-state index contributed by atoms with van der Waals surface area (Å²) in [5.74, 6) is -2.44. The Balaban J connectivity index is 0. The Morgan fingerprint density at radius 1 is 0.544 bits per heavy atom. The number of ketones is 1. The van der Waals surface area contributed by atoms with Crippen LogP contribution < -0.4 is 15.4 Å². The van der Waals surface area contributed by atoms with Crippen molar-refractivity contribution >= 4 is 104 Å². The first-order valence-corrected chi connectivity index (χ1v) is 37.5. The highest BCUT2D eigenvalue weighted by atomic mass is 33.1. The minimum atomic E-state index is -3.74. The summed E-state index contributed by atoms with van der Waals surface area (Å²) < 4.78 is 53.4. The summed E-state index contributed by atoms with van der Waals surface area (Å²) in [5.41, 5.74) is 0.170. The van der Waals surface area contributed by atoms with Gasteiger partial charge >= 0.3 is 11.9 Å². The third-order valence-corrected chi connectivity index (χ3v) is 16.7. The van der Waals surface area contributed by atoms with E-state index < -0.39 is 39.4 Å². The Kier molecular flexibility index (Phi) is 57.1. The molecule has 79 heavy (non-hydrogen) atoms. The fourth-order valence-electron chi connectivity index (χ4n) is 6.61. The molecule has 2 rings (SSSR count). The van der Waals surface area contributed by atoms with Crippen molar-refractivity contribution in [3.8, 4) is 5.75 Å². The van der Waals surface area contributed by atoms with E-state index in [2.05, 4.69) is 58.1 Å². The molecule has 0 unspecified atom stereocenters. The lowest BCUT2D eigenvalue weighted by atomic mass is 10.0. The lowest BCUT2D eigenvalue weighted by molar-refractivity contribution is -0.141. The molecule has 1 heterocycles. The number of unbranched alkanes of at least 4 members (excludes halogenated alkanes) is 13. The molecule has 1 atom stereocenters. The average molecular weight is 1250 g/mol. The fraction of sp³-hybridized carbons (Fsp3) is 0.722. The minimum Gasteiger partial charge on any atom is -0.494 e. The van der Waals surface area contributed by atoms with Crippen LogP contribution in [0.25, 0.3) is 0 Å². The molecule has 0 aliphatic heterocycles. The largest absolute Gasteiger partial charge is 0.494 e. The predicted molar refractivity (Wildman–Crippen MR) is 332 cm³/mol. The molecule has 2 amide bonds. The van der Waals surface area contributed by atoms with Crippen LogP contribution in [0.15, 0.2) is 41.6 Å². The first kappa shape index (κ1) is 78.6. The third-order valence-electron chi connectivity index (χ3n) is 11.1. The summed E-state index contributed by atoms with van der Waals surface area (Å²) in [4.78, 5) is 66.0. The van der Waals surface area contributed by atoms with Gasteiger partial charge in [0.25, 0.3) is 5.91 Å². The smallest absolute Gasteiger partial charge is 0.306 e. The van der Waals surface area contributed by atoms with Crippen molar-refractivity contribution in [1.82, 2.24) is 20.6 Å². The van der Waals surface area contributed by atoms with E-state index in [1.807, 2.05) is 0 Å². The lowest BCUT2D eigenvalue weighted by Gasteiger charge is -2.09. The molecule has 1 aromatic carbocycles. The van der Waals surface area contributed by atoms with Gasteiger partial charge in [0.1, 0.15) is 30.5 Å². The number of aromatic nitrogens is 2. The van der Waals surface area contributed by atoms with Crippen molar-refractivity contribution in [2.24, 2.45) is 5.92 Å². The lowest BCUT2D eigenvalue weighted by Crippen LogP contribution is -2.29. The van der Waals surface area contributed by atoms with E-state index in [-0.39, 0.29) is 87.2 Å². The van der Waals surface area contributed by atoms with Crippen LogP contribution >= 0.6 is 64.8 Å². The number of Topliss-reactive ketones (excluding diaryl/α,β-unsaturated/α-hetero) is 1. The number of carboxylic acid groups (broad SMARTS) is 2. The van der Waals surface area contributed by atoms with Gasteiger partial charge in [-0.15, -0.1) is 0 Å². The molecule has 2 aromatic rings. The standard InChI is InChI=1S/C48H76N4O14S.3C2H6S2/c1-39(48(58)59)18-14-15-25-49-45(54)37-65-33-30-62-27-17-19-41(53)36-64-32-31-63-29-26-50-47(57)40-34-51-44(52-35-40)38-67(60,61)43-23-21-42(22-24-43)66-28-16-12-10-8-6-4-2-3-5-7-9-11-13-20-46(55)56;3*1-3-4-2/h21-24,34-35,39H,2-20,25-33,36-38H2,1H3,(H,49,54)(H,50,57)(H,55,56)(H,58,59);3*1-2H3/t39-;;;/m0.../s1. The van der Waals surface area contributed by atoms with Crippen LogP contribution in [0.1, 0.15) is 145 Å². The van der Waals surface area contributed by atoms with Crippen molar-refractivity contribution in [2.75, 3.05) is 110 Å². The highest BCUT2D eigenvalue weighted by Crippen LogP contribution is 2.20. The van der Waals surface area contributed by atoms with Gasteiger partial charge in [-0.1, -0.05) is 149 Å². The first-order chi connectivity index (χ1) is 38.1. The number of hydrogen-bond donors (Lipinski definition) is 4. The second kappa shape index (κ2) is 57.4. The van der Waals surface area contributed by atoms with E-state index in [9.17, 15) is 32.4 Å². The molecule has 456 valence electrons. The van der Waals surface area contributed by atoms with Gasteiger partial charge in [0.05, 0.1) is 56.0 Å². The number of amides is 2. The Morgan fingerprint density at radius 3 is 1.56 bits per heavy atom.